The molecular formula is C31H24N4O. The summed E-state index contributed by atoms with van der Waals surface area (Å²) in [5.41, 5.74) is 7.73. The zero-order chi connectivity index (χ0) is 24.6. The van der Waals surface area contributed by atoms with E-state index in [1.54, 1.807) is 4.57 Å². The molecule has 0 fully saturated rings. The van der Waals surface area contributed by atoms with Crippen LogP contribution < -0.4 is 0 Å². The zero-order valence-electron chi connectivity index (χ0n) is 20.1. The molecule has 2 aromatic heterocycles. The molecule has 0 spiro atoms. The highest BCUT2D eigenvalue weighted by molar-refractivity contribution is 6.05. The van der Waals surface area contributed by atoms with Crippen molar-refractivity contribution in [3.63, 3.8) is 0 Å². The molecule has 4 aromatic carbocycles. The van der Waals surface area contributed by atoms with Gasteiger partial charge in [-0.1, -0.05) is 78.4 Å². The van der Waals surface area contributed by atoms with Crippen molar-refractivity contribution in [3.05, 3.63) is 126 Å². The van der Waals surface area contributed by atoms with E-state index in [0.29, 0.717) is 11.4 Å². The molecule has 36 heavy (non-hydrogen) atoms. The number of nitrogens with zero attached hydrogens (tertiary/aromatic N) is 4. The predicted octanol–water partition coefficient (Wildman–Crippen LogP) is 6.86. The normalized spacial score (nSPS) is 11.2. The van der Waals surface area contributed by atoms with Crippen LogP contribution in [0.4, 0.5) is 0 Å². The minimum absolute atomic E-state index is 0.112. The van der Waals surface area contributed by atoms with Crippen molar-refractivity contribution >= 4 is 16.9 Å². The molecule has 0 unspecified atom stereocenters. The van der Waals surface area contributed by atoms with Crippen LogP contribution in [0.25, 0.3) is 39.4 Å². The maximum atomic E-state index is 14.0. The van der Waals surface area contributed by atoms with Crippen molar-refractivity contribution in [2.75, 3.05) is 0 Å². The summed E-state index contributed by atoms with van der Waals surface area (Å²) in [6, 6.07) is 33.7. The largest absolute Gasteiger partial charge is 0.268 e. The fraction of sp³-hybridized carbons (Fsp3) is 0.0645. The summed E-state index contributed by atoms with van der Waals surface area (Å²) in [6.45, 7) is 4.02. The number of imidazole rings is 1. The van der Waals surface area contributed by atoms with E-state index < -0.39 is 0 Å². The summed E-state index contributed by atoms with van der Waals surface area (Å²) in [5, 5.41) is 4.97. The Morgan fingerprint density at radius 1 is 0.750 bits per heavy atom. The molecule has 174 valence electrons. The van der Waals surface area contributed by atoms with Gasteiger partial charge in [0.2, 0.25) is 0 Å². The van der Waals surface area contributed by atoms with Gasteiger partial charge in [0.15, 0.2) is 5.82 Å². The number of aromatic nitrogens is 4. The van der Waals surface area contributed by atoms with E-state index in [9.17, 15) is 4.79 Å². The average Bonchev–Trinajstić information content (AvgIpc) is 3.52. The van der Waals surface area contributed by atoms with Crippen molar-refractivity contribution < 1.29 is 4.79 Å². The average molecular weight is 469 g/mol. The number of carbonyl (C=O) groups excluding carboxylic acids is 1. The van der Waals surface area contributed by atoms with Gasteiger partial charge in [-0.25, -0.2) is 9.67 Å². The van der Waals surface area contributed by atoms with E-state index in [1.165, 1.54) is 5.56 Å². The first-order chi connectivity index (χ1) is 17.6. The number of rotatable bonds is 4. The van der Waals surface area contributed by atoms with Crippen LogP contribution in [-0.2, 0) is 0 Å². The molecule has 5 heteroatoms. The number of hydrogen-bond donors (Lipinski definition) is 0. The summed E-state index contributed by atoms with van der Waals surface area (Å²) in [4.78, 5) is 19.0. The van der Waals surface area contributed by atoms with Crippen molar-refractivity contribution in [2.24, 2.45) is 0 Å². The summed E-state index contributed by atoms with van der Waals surface area (Å²) in [6.07, 6.45) is 1.97. The molecule has 5 nitrogen and oxygen atoms in total. The van der Waals surface area contributed by atoms with Crippen LogP contribution >= 0.6 is 0 Å². The second-order valence-corrected chi connectivity index (χ2v) is 8.92. The van der Waals surface area contributed by atoms with Gasteiger partial charge in [-0.15, -0.1) is 0 Å². The maximum Gasteiger partial charge on any atom is 0.264 e. The van der Waals surface area contributed by atoms with Crippen molar-refractivity contribution in [3.8, 4) is 28.3 Å². The van der Waals surface area contributed by atoms with Crippen LogP contribution in [0, 0.1) is 13.8 Å². The Labute approximate surface area is 209 Å². The fourth-order valence-electron chi connectivity index (χ4n) is 4.52. The number of benzene rings is 4. The first kappa shape index (κ1) is 21.7. The topological polar surface area (TPSA) is 52.7 Å². The van der Waals surface area contributed by atoms with E-state index in [1.807, 2.05) is 96.7 Å². The van der Waals surface area contributed by atoms with E-state index in [-0.39, 0.29) is 5.91 Å². The van der Waals surface area contributed by atoms with E-state index >= 15 is 0 Å². The summed E-state index contributed by atoms with van der Waals surface area (Å²) >= 11 is 0. The lowest BCUT2D eigenvalue weighted by molar-refractivity contribution is 0.0965. The third kappa shape index (κ3) is 3.71. The van der Waals surface area contributed by atoms with Gasteiger partial charge in [0.05, 0.1) is 22.3 Å². The van der Waals surface area contributed by atoms with Gasteiger partial charge in [-0.2, -0.15) is 5.10 Å². The minimum Gasteiger partial charge on any atom is -0.268 e. The lowest BCUT2D eigenvalue weighted by Gasteiger charge is -2.10. The van der Waals surface area contributed by atoms with Gasteiger partial charge in [0.1, 0.15) is 5.69 Å². The van der Waals surface area contributed by atoms with E-state index in [0.717, 1.165) is 39.1 Å². The number of fused-ring (bicyclic) bond motifs is 1. The molecule has 0 saturated carbocycles. The smallest absolute Gasteiger partial charge is 0.264 e. The van der Waals surface area contributed by atoms with E-state index in [2.05, 4.69) is 31.2 Å². The molecule has 0 amide bonds. The molecule has 0 aliphatic carbocycles. The fourth-order valence-corrected chi connectivity index (χ4v) is 4.52. The quantitative estimate of drug-likeness (QED) is 0.284. The first-order valence-corrected chi connectivity index (χ1v) is 11.9. The number of aryl methyl sites for hydroxylation is 2. The lowest BCUT2D eigenvalue weighted by Crippen LogP contribution is -2.14. The summed E-state index contributed by atoms with van der Waals surface area (Å²) < 4.78 is 3.58. The van der Waals surface area contributed by atoms with Crippen LogP contribution in [0.15, 0.2) is 109 Å². The molecule has 6 aromatic rings. The van der Waals surface area contributed by atoms with Crippen LogP contribution in [0.3, 0.4) is 0 Å². The molecular weight excluding hydrogens is 444 g/mol. The highest BCUT2D eigenvalue weighted by Crippen LogP contribution is 2.34. The number of carbonyl (C=O) groups is 1. The minimum atomic E-state index is -0.112. The van der Waals surface area contributed by atoms with Crippen LogP contribution in [0.5, 0.6) is 0 Å². The van der Waals surface area contributed by atoms with Gasteiger partial charge in [0.25, 0.3) is 5.91 Å². The Morgan fingerprint density at radius 2 is 1.44 bits per heavy atom. The lowest BCUT2D eigenvalue weighted by atomic mass is 10.1. The van der Waals surface area contributed by atoms with E-state index in [4.69, 9.17) is 10.1 Å². The molecule has 0 atom stereocenters. The van der Waals surface area contributed by atoms with Crippen LogP contribution in [0.2, 0.25) is 0 Å². The highest BCUT2D eigenvalue weighted by Gasteiger charge is 2.25. The van der Waals surface area contributed by atoms with Gasteiger partial charge >= 0.3 is 0 Å². The van der Waals surface area contributed by atoms with Gasteiger partial charge < -0.3 is 0 Å². The molecule has 0 aliphatic rings. The Hall–Kier alpha value is -4.77. The van der Waals surface area contributed by atoms with Crippen LogP contribution in [0.1, 0.15) is 21.5 Å². The number of hydrogen-bond acceptors (Lipinski definition) is 3. The third-order valence-electron chi connectivity index (χ3n) is 6.44. The van der Waals surface area contributed by atoms with Crippen molar-refractivity contribution in [2.45, 2.75) is 13.8 Å². The Kier molecular flexibility index (Phi) is 5.30. The maximum absolute atomic E-state index is 14.0. The van der Waals surface area contributed by atoms with Gasteiger partial charge in [-0.3, -0.25) is 9.36 Å². The molecule has 0 radical (unpaired) electrons. The molecule has 0 N–H and O–H groups in total. The Morgan fingerprint density at radius 3 is 2.22 bits per heavy atom. The second kappa shape index (κ2) is 8.78. The highest BCUT2D eigenvalue weighted by atomic mass is 16.2. The monoisotopic (exact) mass is 468 g/mol. The Balaban J connectivity index is 1.64. The second-order valence-electron chi connectivity index (χ2n) is 8.92. The Bertz CT molecular complexity index is 1710. The molecule has 6 rings (SSSR count). The summed E-state index contributed by atoms with van der Waals surface area (Å²) in [7, 11) is 0. The van der Waals surface area contributed by atoms with Gasteiger partial charge in [0, 0.05) is 17.3 Å². The molecule has 0 aliphatic heterocycles. The zero-order valence-corrected chi connectivity index (χ0v) is 20.1. The standard InChI is InChI=1S/C31H24N4O/c1-21-16-18-23(19-17-21)29-26(20-34(33-29)24-11-4-3-5-12-24)30-32-27-14-8-9-15-28(27)35(30)31(36)25-13-7-6-10-22(25)2/h3-20H,1-2H3. The summed E-state index contributed by atoms with van der Waals surface area (Å²) in [5.74, 6) is 0.460. The molecule has 2 heterocycles. The third-order valence-corrected chi connectivity index (χ3v) is 6.44. The molecule has 0 bridgehead atoms. The van der Waals surface area contributed by atoms with Crippen molar-refractivity contribution in [1.29, 1.82) is 0 Å². The predicted molar refractivity (Wildman–Crippen MR) is 143 cm³/mol. The first-order valence-electron chi connectivity index (χ1n) is 11.9. The SMILES string of the molecule is Cc1ccc(-c2nn(-c3ccccc3)cc2-c2nc3ccccc3n2C(=O)c2ccccc2C)cc1. The molecule has 0 saturated heterocycles. The van der Waals surface area contributed by atoms with Gasteiger partial charge in [-0.05, 0) is 49.7 Å². The number of para-hydroxylation sites is 3. The van der Waals surface area contributed by atoms with Crippen molar-refractivity contribution in [1.82, 2.24) is 19.3 Å². The van der Waals surface area contributed by atoms with Crippen LogP contribution in [-0.4, -0.2) is 25.2 Å².